The molecule has 3 aromatic heterocycles. The van der Waals surface area contributed by atoms with Crippen LogP contribution >= 0.6 is 22.9 Å². The van der Waals surface area contributed by atoms with E-state index >= 15 is 0 Å². The molecule has 0 aliphatic rings. The number of aliphatic hydroxyl groups excluding tert-OH is 1. The minimum atomic E-state index is -0.253. The summed E-state index contributed by atoms with van der Waals surface area (Å²) in [6, 6.07) is 12.3. The van der Waals surface area contributed by atoms with Crippen LogP contribution in [0.5, 0.6) is 5.75 Å². The molecule has 164 valence electrons. The minimum Gasteiger partial charge on any atom is -0.486 e. The fourth-order valence-corrected chi connectivity index (χ4v) is 4.00. The summed E-state index contributed by atoms with van der Waals surface area (Å²) >= 11 is 7.67. The molecule has 0 radical (unpaired) electrons. The summed E-state index contributed by atoms with van der Waals surface area (Å²) in [6.07, 6.45) is 4.88. The maximum absolute atomic E-state index is 13.1. The number of hydrogen-bond acceptors (Lipinski definition) is 7. The van der Waals surface area contributed by atoms with E-state index < -0.39 is 0 Å². The number of benzene rings is 1. The van der Waals surface area contributed by atoms with Crippen molar-refractivity contribution < 1.29 is 19.1 Å². The molecule has 1 aromatic carbocycles. The van der Waals surface area contributed by atoms with Crippen molar-refractivity contribution in [3.05, 3.63) is 99.1 Å². The molecule has 0 spiro atoms. The van der Waals surface area contributed by atoms with Gasteiger partial charge in [0.2, 0.25) is 0 Å². The largest absolute Gasteiger partial charge is 0.486 e. The molecule has 9 heteroatoms. The maximum Gasteiger partial charge on any atom is 0.290 e. The fraction of sp³-hybridized carbons (Fsp3) is 0.174. The predicted molar refractivity (Wildman–Crippen MR) is 120 cm³/mol. The molecule has 4 aromatic rings. The van der Waals surface area contributed by atoms with Gasteiger partial charge in [-0.25, -0.2) is 4.98 Å². The van der Waals surface area contributed by atoms with Crippen LogP contribution in [0.4, 0.5) is 0 Å². The molecule has 0 saturated carbocycles. The summed E-state index contributed by atoms with van der Waals surface area (Å²) in [5.41, 5.74) is 2.24. The van der Waals surface area contributed by atoms with Gasteiger partial charge < -0.3 is 19.2 Å². The Labute approximate surface area is 193 Å². The van der Waals surface area contributed by atoms with E-state index in [0.29, 0.717) is 23.0 Å². The van der Waals surface area contributed by atoms with Gasteiger partial charge in [-0.1, -0.05) is 17.7 Å². The van der Waals surface area contributed by atoms with E-state index in [1.54, 1.807) is 53.0 Å². The zero-order chi connectivity index (χ0) is 22.3. The Morgan fingerprint density at radius 3 is 2.84 bits per heavy atom. The molecule has 4 rings (SSSR count). The zero-order valence-corrected chi connectivity index (χ0v) is 18.6. The van der Waals surface area contributed by atoms with Crippen molar-refractivity contribution in [3.63, 3.8) is 0 Å². The van der Waals surface area contributed by atoms with E-state index in [-0.39, 0.29) is 31.4 Å². The number of amides is 1. The number of halogens is 1. The second kappa shape index (κ2) is 10.4. The molecule has 0 aliphatic heterocycles. The summed E-state index contributed by atoms with van der Waals surface area (Å²) < 4.78 is 11.3. The van der Waals surface area contributed by atoms with E-state index in [9.17, 15) is 9.90 Å². The highest BCUT2D eigenvalue weighted by Gasteiger charge is 2.21. The number of nitrogens with zero attached hydrogens (tertiary/aromatic N) is 3. The molecule has 1 amide bonds. The van der Waals surface area contributed by atoms with Gasteiger partial charge in [-0.2, -0.15) is 0 Å². The molecule has 3 heterocycles. The Morgan fingerprint density at radius 2 is 2.12 bits per heavy atom. The summed E-state index contributed by atoms with van der Waals surface area (Å²) in [7, 11) is 0. The number of aromatic nitrogens is 2. The Morgan fingerprint density at radius 1 is 1.22 bits per heavy atom. The van der Waals surface area contributed by atoms with Crippen LogP contribution in [0, 0.1) is 0 Å². The summed E-state index contributed by atoms with van der Waals surface area (Å²) in [4.78, 5) is 23.2. The first-order chi connectivity index (χ1) is 15.6. The van der Waals surface area contributed by atoms with Gasteiger partial charge in [0.1, 0.15) is 17.4 Å². The third-order valence-corrected chi connectivity index (χ3v) is 5.72. The van der Waals surface area contributed by atoms with E-state index in [0.717, 1.165) is 16.1 Å². The van der Waals surface area contributed by atoms with Crippen molar-refractivity contribution in [2.45, 2.75) is 26.3 Å². The number of carbonyl (C=O) groups excluding carboxylic acids is 1. The van der Waals surface area contributed by atoms with Gasteiger partial charge in [-0.05, 0) is 42.0 Å². The van der Waals surface area contributed by atoms with Crippen LogP contribution in [0.25, 0.3) is 0 Å². The quantitative estimate of drug-likeness (QED) is 0.382. The van der Waals surface area contributed by atoms with Crippen molar-refractivity contribution in [2.75, 3.05) is 0 Å². The number of pyridine rings is 1. The number of thiazole rings is 1. The molecule has 0 aliphatic carbocycles. The molecular formula is C23H20ClN3O4S. The Kier molecular flexibility index (Phi) is 7.16. The first kappa shape index (κ1) is 22.0. The lowest BCUT2D eigenvalue weighted by atomic mass is 10.1. The predicted octanol–water partition coefficient (Wildman–Crippen LogP) is 4.70. The van der Waals surface area contributed by atoms with Crippen molar-refractivity contribution in [2.24, 2.45) is 0 Å². The number of furan rings is 1. The van der Waals surface area contributed by atoms with E-state index in [2.05, 4.69) is 9.97 Å². The van der Waals surface area contributed by atoms with Crippen LogP contribution in [0.1, 0.15) is 32.4 Å². The molecule has 0 fully saturated rings. The third kappa shape index (κ3) is 5.53. The van der Waals surface area contributed by atoms with Crippen LogP contribution in [0.3, 0.4) is 0 Å². The van der Waals surface area contributed by atoms with Gasteiger partial charge in [0, 0.05) is 34.9 Å². The fourth-order valence-electron chi connectivity index (χ4n) is 3.11. The SMILES string of the molecule is O=C(c1ccco1)N(Cc1cccnc1)Cc1cc(Cl)ccc1OCc1nc(CO)cs1. The number of rotatable bonds is 9. The molecule has 7 nitrogen and oxygen atoms in total. The lowest BCUT2D eigenvalue weighted by molar-refractivity contribution is 0.0695. The van der Waals surface area contributed by atoms with Crippen molar-refractivity contribution >= 4 is 28.8 Å². The normalized spacial score (nSPS) is 10.8. The number of ether oxygens (including phenoxy) is 1. The third-order valence-electron chi connectivity index (χ3n) is 4.61. The van der Waals surface area contributed by atoms with Crippen molar-refractivity contribution in [1.82, 2.24) is 14.9 Å². The molecule has 0 bridgehead atoms. The average Bonchev–Trinajstić information content (AvgIpc) is 3.50. The van der Waals surface area contributed by atoms with Gasteiger partial charge in [0.15, 0.2) is 5.76 Å². The molecular weight excluding hydrogens is 450 g/mol. The van der Waals surface area contributed by atoms with Crippen LogP contribution < -0.4 is 4.74 Å². The lowest BCUT2D eigenvalue weighted by Gasteiger charge is -2.23. The maximum atomic E-state index is 13.1. The highest BCUT2D eigenvalue weighted by molar-refractivity contribution is 7.09. The first-order valence-corrected chi connectivity index (χ1v) is 11.0. The van der Waals surface area contributed by atoms with Crippen molar-refractivity contribution in [3.8, 4) is 5.75 Å². The van der Waals surface area contributed by atoms with Gasteiger partial charge in [-0.15, -0.1) is 11.3 Å². The zero-order valence-electron chi connectivity index (χ0n) is 17.0. The van der Waals surface area contributed by atoms with Gasteiger partial charge >= 0.3 is 0 Å². The minimum absolute atomic E-state index is 0.110. The summed E-state index contributed by atoms with van der Waals surface area (Å²) in [5.74, 6) is 0.591. The van der Waals surface area contributed by atoms with E-state index in [4.69, 9.17) is 20.8 Å². The molecule has 0 unspecified atom stereocenters. The number of hydrogen-bond donors (Lipinski definition) is 1. The Bertz CT molecular complexity index is 1170. The smallest absolute Gasteiger partial charge is 0.290 e. The number of aliphatic hydroxyl groups is 1. The standard InChI is InChI=1S/C23H20ClN3O4S/c24-18-5-6-20(31-14-22-26-19(13-28)15-32-22)17(9-18)12-27(11-16-3-1-7-25-10-16)23(29)21-4-2-8-30-21/h1-10,15,28H,11-14H2. The highest BCUT2D eigenvalue weighted by atomic mass is 35.5. The van der Waals surface area contributed by atoms with E-state index in [1.807, 2.05) is 12.1 Å². The van der Waals surface area contributed by atoms with Crippen LogP contribution in [-0.2, 0) is 26.3 Å². The average molecular weight is 470 g/mol. The van der Waals surface area contributed by atoms with E-state index in [1.165, 1.54) is 17.6 Å². The summed E-state index contributed by atoms with van der Waals surface area (Å²) in [5, 5.41) is 12.3. The second-order valence-corrected chi connectivity index (χ2v) is 8.31. The molecule has 1 N–H and O–H groups in total. The van der Waals surface area contributed by atoms with Crippen LogP contribution in [0.15, 0.2) is 70.9 Å². The van der Waals surface area contributed by atoms with Crippen LogP contribution in [-0.4, -0.2) is 25.9 Å². The summed E-state index contributed by atoms with van der Waals surface area (Å²) in [6.45, 7) is 0.727. The van der Waals surface area contributed by atoms with Gasteiger partial charge in [0.25, 0.3) is 5.91 Å². The molecule has 0 saturated heterocycles. The molecule has 32 heavy (non-hydrogen) atoms. The lowest BCUT2D eigenvalue weighted by Crippen LogP contribution is -2.30. The second-order valence-electron chi connectivity index (χ2n) is 6.93. The monoisotopic (exact) mass is 469 g/mol. The highest BCUT2D eigenvalue weighted by Crippen LogP contribution is 2.27. The van der Waals surface area contributed by atoms with Crippen LogP contribution in [0.2, 0.25) is 5.02 Å². The van der Waals surface area contributed by atoms with Gasteiger partial charge in [-0.3, -0.25) is 9.78 Å². The Balaban J connectivity index is 1.57. The molecule has 0 atom stereocenters. The topological polar surface area (TPSA) is 88.7 Å². The van der Waals surface area contributed by atoms with Crippen molar-refractivity contribution in [1.29, 1.82) is 0 Å². The first-order valence-electron chi connectivity index (χ1n) is 9.79. The number of carbonyl (C=O) groups is 1. The van der Waals surface area contributed by atoms with Gasteiger partial charge in [0.05, 0.1) is 25.1 Å². The Hall–Kier alpha value is -3.20.